The van der Waals surface area contributed by atoms with Crippen LogP contribution in [0.2, 0.25) is 0 Å². The molecule has 0 saturated heterocycles. The minimum atomic E-state index is -0.171. The van der Waals surface area contributed by atoms with Crippen molar-refractivity contribution in [3.8, 4) is 0 Å². The quantitative estimate of drug-likeness (QED) is 0.857. The first kappa shape index (κ1) is 14.1. The number of amides is 1. The molecule has 0 spiro atoms. The summed E-state index contributed by atoms with van der Waals surface area (Å²) in [7, 11) is 0. The summed E-state index contributed by atoms with van der Waals surface area (Å²) in [5.74, 6) is 0.415. The van der Waals surface area contributed by atoms with Crippen LogP contribution < -0.4 is 5.32 Å². The molecule has 4 heteroatoms. The third-order valence-corrected chi connectivity index (χ3v) is 4.04. The predicted octanol–water partition coefficient (Wildman–Crippen LogP) is 2.35. The number of aliphatic hydroxyl groups is 1. The average molecular weight is 264 g/mol. The van der Waals surface area contributed by atoms with Crippen LogP contribution in [0.3, 0.4) is 0 Å². The van der Waals surface area contributed by atoms with Gasteiger partial charge >= 0.3 is 0 Å². The molecule has 1 amide bonds. The molecule has 0 bridgehead atoms. The number of rotatable bonds is 5. The van der Waals surface area contributed by atoms with Gasteiger partial charge in [-0.25, -0.2) is 0 Å². The monoisotopic (exact) mass is 264 g/mol. The van der Waals surface area contributed by atoms with E-state index in [1.807, 2.05) is 22.9 Å². The third kappa shape index (κ3) is 3.00. The van der Waals surface area contributed by atoms with E-state index in [9.17, 15) is 9.90 Å². The summed E-state index contributed by atoms with van der Waals surface area (Å²) < 4.78 is 1.98. The smallest absolute Gasteiger partial charge is 0.268 e. The van der Waals surface area contributed by atoms with Crippen molar-refractivity contribution in [2.24, 2.45) is 5.92 Å². The number of nitrogens with zero attached hydrogens (tertiary/aromatic N) is 1. The van der Waals surface area contributed by atoms with Gasteiger partial charge < -0.3 is 15.0 Å². The second-order valence-corrected chi connectivity index (χ2v) is 5.77. The number of aromatic nitrogens is 1. The predicted molar refractivity (Wildman–Crippen MR) is 75.1 cm³/mol. The van der Waals surface area contributed by atoms with Crippen molar-refractivity contribution in [2.45, 2.75) is 58.2 Å². The molecule has 0 aromatic carbocycles. The molecule has 1 aromatic rings. The first-order valence-corrected chi connectivity index (χ1v) is 7.18. The molecule has 0 aliphatic heterocycles. The maximum Gasteiger partial charge on any atom is 0.268 e. The number of carbonyl (C=O) groups is 1. The van der Waals surface area contributed by atoms with E-state index in [2.05, 4.69) is 26.1 Å². The van der Waals surface area contributed by atoms with E-state index in [1.165, 1.54) is 0 Å². The lowest BCUT2D eigenvalue weighted by Gasteiger charge is -2.37. The summed E-state index contributed by atoms with van der Waals surface area (Å²) in [5, 5.41) is 12.5. The third-order valence-electron chi connectivity index (χ3n) is 4.04. The van der Waals surface area contributed by atoms with Gasteiger partial charge in [-0.1, -0.05) is 6.92 Å². The number of hydrogen-bond acceptors (Lipinski definition) is 2. The molecule has 1 aliphatic carbocycles. The Morgan fingerprint density at radius 2 is 2.21 bits per heavy atom. The van der Waals surface area contributed by atoms with Gasteiger partial charge in [0.05, 0.1) is 6.10 Å². The highest BCUT2D eigenvalue weighted by Crippen LogP contribution is 2.31. The molecule has 2 N–H and O–H groups in total. The Labute approximate surface area is 114 Å². The highest BCUT2D eigenvalue weighted by atomic mass is 16.3. The lowest BCUT2D eigenvalue weighted by molar-refractivity contribution is 0.0231. The summed E-state index contributed by atoms with van der Waals surface area (Å²) in [6.07, 6.45) is 4.29. The van der Waals surface area contributed by atoms with Crippen molar-refractivity contribution in [1.29, 1.82) is 0 Å². The Morgan fingerprint density at radius 1 is 1.53 bits per heavy atom. The fraction of sp³-hybridized carbons (Fsp3) is 0.667. The Kier molecular flexibility index (Phi) is 4.30. The van der Waals surface area contributed by atoms with Crippen molar-refractivity contribution >= 4 is 5.91 Å². The first-order chi connectivity index (χ1) is 9.02. The van der Waals surface area contributed by atoms with Gasteiger partial charge in [0.1, 0.15) is 5.69 Å². The molecular formula is C15H24N2O2. The molecule has 1 atom stereocenters. The Balaban J connectivity index is 2.01. The fourth-order valence-electron chi connectivity index (χ4n) is 2.79. The van der Waals surface area contributed by atoms with Gasteiger partial charge in [0.25, 0.3) is 5.91 Å². The maximum atomic E-state index is 12.3. The van der Waals surface area contributed by atoms with Crippen molar-refractivity contribution in [2.75, 3.05) is 0 Å². The van der Waals surface area contributed by atoms with Crippen molar-refractivity contribution in [3.63, 3.8) is 0 Å². The van der Waals surface area contributed by atoms with E-state index in [4.69, 9.17) is 0 Å². The van der Waals surface area contributed by atoms with Crippen LogP contribution in [-0.4, -0.2) is 27.7 Å². The molecular weight excluding hydrogens is 240 g/mol. The molecule has 106 valence electrons. The number of carbonyl (C=O) groups excluding carboxylic acids is 1. The lowest BCUT2D eigenvalue weighted by atomic mass is 9.76. The first-order valence-electron chi connectivity index (χ1n) is 7.18. The van der Waals surface area contributed by atoms with E-state index in [0.717, 1.165) is 19.3 Å². The summed E-state index contributed by atoms with van der Waals surface area (Å²) in [5.41, 5.74) is 0.716. The molecule has 0 radical (unpaired) electrons. The van der Waals surface area contributed by atoms with Crippen LogP contribution in [0.25, 0.3) is 0 Å². The SMILES string of the molecule is CCC(NC(=O)c1cccn1C(C)C)C1CC(O)C1. The topological polar surface area (TPSA) is 54.3 Å². The van der Waals surface area contributed by atoms with Crippen LogP contribution in [0, 0.1) is 5.92 Å². The van der Waals surface area contributed by atoms with Crippen LogP contribution in [0.4, 0.5) is 0 Å². The second kappa shape index (κ2) is 5.78. The normalized spacial score (nSPS) is 24.1. The minimum Gasteiger partial charge on any atom is -0.393 e. The molecule has 4 nitrogen and oxygen atoms in total. The average Bonchev–Trinajstić information content (AvgIpc) is 2.81. The standard InChI is InChI=1S/C15H24N2O2/c1-4-13(11-8-12(18)9-11)16-15(19)14-6-5-7-17(14)10(2)3/h5-7,10-13,18H,4,8-9H2,1-3H3,(H,16,19). The van der Waals surface area contributed by atoms with E-state index < -0.39 is 0 Å². The van der Waals surface area contributed by atoms with Crippen molar-refractivity contribution in [3.05, 3.63) is 24.0 Å². The molecule has 1 aromatic heterocycles. The van der Waals surface area contributed by atoms with Gasteiger partial charge in [-0.3, -0.25) is 4.79 Å². The van der Waals surface area contributed by atoms with E-state index in [-0.39, 0.29) is 24.1 Å². The molecule has 1 heterocycles. The number of aliphatic hydroxyl groups excluding tert-OH is 1. The fourth-order valence-corrected chi connectivity index (χ4v) is 2.79. The second-order valence-electron chi connectivity index (χ2n) is 5.77. The molecule has 1 saturated carbocycles. The van der Waals surface area contributed by atoms with Gasteiger partial charge in [0.2, 0.25) is 0 Å². The molecule has 19 heavy (non-hydrogen) atoms. The van der Waals surface area contributed by atoms with E-state index in [1.54, 1.807) is 0 Å². The van der Waals surface area contributed by atoms with Gasteiger partial charge in [-0.15, -0.1) is 0 Å². The molecule has 2 rings (SSSR count). The zero-order valence-corrected chi connectivity index (χ0v) is 12.0. The van der Waals surface area contributed by atoms with Gasteiger partial charge in [-0.2, -0.15) is 0 Å². The molecule has 1 fully saturated rings. The Hall–Kier alpha value is -1.29. The van der Waals surface area contributed by atoms with Crippen LogP contribution in [0.1, 0.15) is 56.6 Å². The van der Waals surface area contributed by atoms with Gasteiger partial charge in [0.15, 0.2) is 0 Å². The van der Waals surface area contributed by atoms with Gasteiger partial charge in [-0.05, 0) is 51.2 Å². The van der Waals surface area contributed by atoms with Crippen LogP contribution in [0.5, 0.6) is 0 Å². The largest absolute Gasteiger partial charge is 0.393 e. The van der Waals surface area contributed by atoms with Gasteiger partial charge in [0, 0.05) is 18.3 Å². The maximum absolute atomic E-state index is 12.3. The molecule has 1 unspecified atom stereocenters. The zero-order chi connectivity index (χ0) is 14.0. The zero-order valence-electron chi connectivity index (χ0n) is 12.0. The summed E-state index contributed by atoms with van der Waals surface area (Å²) in [6.45, 7) is 6.21. The minimum absolute atomic E-state index is 0.00746. The van der Waals surface area contributed by atoms with Crippen LogP contribution in [-0.2, 0) is 0 Å². The van der Waals surface area contributed by atoms with Crippen molar-refractivity contribution < 1.29 is 9.90 Å². The Bertz CT molecular complexity index is 433. The van der Waals surface area contributed by atoms with Crippen LogP contribution in [0.15, 0.2) is 18.3 Å². The summed E-state index contributed by atoms with van der Waals surface area (Å²) in [6, 6.07) is 4.22. The molecule has 1 aliphatic rings. The highest BCUT2D eigenvalue weighted by Gasteiger charge is 2.34. The van der Waals surface area contributed by atoms with E-state index in [0.29, 0.717) is 11.6 Å². The lowest BCUT2D eigenvalue weighted by Crippen LogP contribution is -2.47. The summed E-state index contributed by atoms with van der Waals surface area (Å²) >= 11 is 0. The highest BCUT2D eigenvalue weighted by molar-refractivity contribution is 5.93. The van der Waals surface area contributed by atoms with Crippen LogP contribution >= 0.6 is 0 Å². The summed E-state index contributed by atoms with van der Waals surface area (Å²) in [4.78, 5) is 12.3. The number of hydrogen-bond donors (Lipinski definition) is 2. The van der Waals surface area contributed by atoms with E-state index >= 15 is 0 Å². The Morgan fingerprint density at radius 3 is 2.74 bits per heavy atom. The number of nitrogens with one attached hydrogen (secondary N) is 1. The van der Waals surface area contributed by atoms with Crippen molar-refractivity contribution in [1.82, 2.24) is 9.88 Å².